The number of carbonyl (C=O) groups excluding carboxylic acids is 2. The van der Waals surface area contributed by atoms with Crippen LogP contribution in [0.2, 0.25) is 5.02 Å². The molecule has 1 aliphatic heterocycles. The number of esters is 1. The highest BCUT2D eigenvalue weighted by atomic mass is 35.5. The number of carbonyl (C=O) groups is 2. The van der Waals surface area contributed by atoms with Crippen LogP contribution in [0.25, 0.3) is 6.08 Å². The molecule has 0 saturated carbocycles. The maximum Gasteiger partial charge on any atom is 0.343 e. The summed E-state index contributed by atoms with van der Waals surface area (Å²) >= 11 is 13.0. The van der Waals surface area contributed by atoms with Gasteiger partial charge in [-0.05, 0) is 49.2 Å². The van der Waals surface area contributed by atoms with E-state index in [4.69, 9.17) is 33.3 Å². The second-order valence-electron chi connectivity index (χ2n) is 6.43. The van der Waals surface area contributed by atoms with E-state index in [9.17, 15) is 9.59 Å². The van der Waals surface area contributed by atoms with Crippen LogP contribution in [0.15, 0.2) is 41.3 Å². The van der Waals surface area contributed by atoms with Crippen LogP contribution in [0.4, 0.5) is 5.69 Å². The molecule has 1 saturated heterocycles. The molecular weight excluding hydrogens is 458 g/mol. The third kappa shape index (κ3) is 5.20. The number of amides is 1. The van der Waals surface area contributed by atoms with Gasteiger partial charge in [0.15, 0.2) is 22.4 Å². The van der Waals surface area contributed by atoms with Crippen molar-refractivity contribution in [3.63, 3.8) is 0 Å². The molecule has 0 N–H and O–H groups in total. The van der Waals surface area contributed by atoms with Crippen LogP contribution < -0.4 is 14.4 Å². The van der Waals surface area contributed by atoms with Crippen LogP contribution >= 0.6 is 35.6 Å². The molecule has 0 aliphatic carbocycles. The lowest BCUT2D eigenvalue weighted by molar-refractivity contribution is -0.142. The first-order chi connectivity index (χ1) is 14.8. The summed E-state index contributed by atoms with van der Waals surface area (Å²) in [6, 6.07) is 10.9. The number of hydrogen-bond acceptors (Lipinski definition) is 7. The number of thiocarbonyl (C=S) groups is 1. The number of nitrogens with zero attached hydrogens (tertiary/aromatic N) is 1. The van der Waals surface area contributed by atoms with E-state index >= 15 is 0 Å². The Hall–Kier alpha value is -2.55. The number of thioether (sulfide) groups is 1. The van der Waals surface area contributed by atoms with Crippen molar-refractivity contribution in [3.8, 4) is 11.5 Å². The zero-order valence-corrected chi connectivity index (χ0v) is 19.5. The molecular formula is C22H20ClNO5S2. The van der Waals surface area contributed by atoms with Crippen molar-refractivity contribution >= 4 is 63.5 Å². The molecule has 1 fully saturated rings. The fourth-order valence-electron chi connectivity index (χ4n) is 2.91. The van der Waals surface area contributed by atoms with Crippen molar-refractivity contribution < 1.29 is 23.8 Å². The molecule has 0 aromatic heterocycles. The van der Waals surface area contributed by atoms with Crippen LogP contribution in [-0.2, 0) is 14.3 Å². The van der Waals surface area contributed by atoms with E-state index in [0.717, 1.165) is 11.3 Å². The van der Waals surface area contributed by atoms with Crippen molar-refractivity contribution in [2.75, 3.05) is 25.2 Å². The van der Waals surface area contributed by atoms with Gasteiger partial charge in [-0.2, -0.15) is 0 Å². The van der Waals surface area contributed by atoms with E-state index in [2.05, 4.69) is 4.74 Å². The molecule has 2 aromatic carbocycles. The predicted molar refractivity (Wildman–Crippen MR) is 127 cm³/mol. The van der Waals surface area contributed by atoms with Crippen molar-refractivity contribution in [2.45, 2.75) is 13.8 Å². The first-order valence-electron chi connectivity index (χ1n) is 9.35. The molecule has 0 radical (unpaired) electrons. The summed E-state index contributed by atoms with van der Waals surface area (Å²) in [4.78, 5) is 26.5. The van der Waals surface area contributed by atoms with Crippen LogP contribution in [0.3, 0.4) is 0 Å². The molecule has 1 amide bonds. The average molecular weight is 478 g/mol. The largest absolute Gasteiger partial charge is 0.490 e. The number of rotatable bonds is 7. The lowest BCUT2D eigenvalue weighted by Crippen LogP contribution is -2.28. The average Bonchev–Trinajstić information content (AvgIpc) is 3.00. The normalized spacial score (nSPS) is 14.8. The second kappa shape index (κ2) is 10.2. The Labute approximate surface area is 195 Å². The number of halogens is 1. The summed E-state index contributed by atoms with van der Waals surface area (Å²) in [7, 11) is 1.27. The number of benzene rings is 2. The summed E-state index contributed by atoms with van der Waals surface area (Å²) in [6.07, 6.45) is 1.70. The van der Waals surface area contributed by atoms with Crippen molar-refractivity contribution in [1.82, 2.24) is 0 Å². The Bertz CT molecular complexity index is 1070. The SMILES string of the molecule is CCOc1cc(C=C2SC(=S)N(c3ccccc3C)C2=O)cc(Cl)c1OCC(=O)OC. The van der Waals surface area contributed by atoms with E-state index < -0.39 is 5.97 Å². The molecule has 0 spiro atoms. The summed E-state index contributed by atoms with van der Waals surface area (Å²) < 4.78 is 16.1. The molecule has 0 bridgehead atoms. The number of ether oxygens (including phenoxy) is 3. The van der Waals surface area contributed by atoms with Crippen molar-refractivity contribution in [2.24, 2.45) is 0 Å². The van der Waals surface area contributed by atoms with Gasteiger partial charge in [0.05, 0.1) is 29.3 Å². The Morgan fingerprint density at radius 2 is 2.00 bits per heavy atom. The van der Waals surface area contributed by atoms with E-state index in [1.54, 1.807) is 18.2 Å². The highest BCUT2D eigenvalue weighted by Crippen LogP contribution is 2.40. The highest BCUT2D eigenvalue weighted by Gasteiger charge is 2.34. The minimum atomic E-state index is -0.539. The van der Waals surface area contributed by atoms with Gasteiger partial charge in [-0.15, -0.1) is 0 Å². The zero-order chi connectivity index (χ0) is 22.5. The van der Waals surface area contributed by atoms with Crippen LogP contribution in [0.1, 0.15) is 18.1 Å². The third-order valence-corrected chi connectivity index (χ3v) is 5.92. The number of hydrogen-bond donors (Lipinski definition) is 0. The van der Waals surface area contributed by atoms with Gasteiger partial charge in [-0.25, -0.2) is 4.79 Å². The smallest absolute Gasteiger partial charge is 0.343 e. The topological polar surface area (TPSA) is 65.1 Å². The van der Waals surface area contributed by atoms with Crippen molar-refractivity contribution in [3.05, 3.63) is 57.5 Å². The Balaban J connectivity index is 1.92. The summed E-state index contributed by atoms with van der Waals surface area (Å²) in [6.45, 7) is 3.81. The molecule has 162 valence electrons. The predicted octanol–water partition coefficient (Wildman–Crippen LogP) is 5.00. The Kier molecular flexibility index (Phi) is 7.59. The second-order valence-corrected chi connectivity index (χ2v) is 8.51. The van der Waals surface area contributed by atoms with Gasteiger partial charge >= 0.3 is 5.97 Å². The molecule has 1 heterocycles. The summed E-state index contributed by atoms with van der Waals surface area (Å²) in [5.74, 6) is -0.148. The number of anilines is 1. The lowest BCUT2D eigenvalue weighted by Gasteiger charge is -2.16. The molecule has 0 unspecified atom stereocenters. The Morgan fingerprint density at radius 1 is 1.26 bits per heavy atom. The maximum atomic E-state index is 13.1. The minimum absolute atomic E-state index is 0.204. The summed E-state index contributed by atoms with van der Waals surface area (Å²) in [5, 5.41) is 0.246. The Morgan fingerprint density at radius 3 is 2.68 bits per heavy atom. The van der Waals surface area contributed by atoms with E-state index in [1.165, 1.54) is 23.8 Å². The van der Waals surface area contributed by atoms with Crippen LogP contribution in [0.5, 0.6) is 11.5 Å². The fourth-order valence-corrected chi connectivity index (χ4v) is 4.46. The van der Waals surface area contributed by atoms with Crippen LogP contribution in [-0.4, -0.2) is 36.5 Å². The molecule has 31 heavy (non-hydrogen) atoms. The first-order valence-corrected chi connectivity index (χ1v) is 11.0. The number of aryl methyl sites for hydroxylation is 1. The lowest BCUT2D eigenvalue weighted by atomic mass is 10.1. The van der Waals surface area contributed by atoms with Gasteiger partial charge < -0.3 is 14.2 Å². The van der Waals surface area contributed by atoms with Crippen LogP contribution in [0, 0.1) is 6.92 Å². The summed E-state index contributed by atoms with van der Waals surface area (Å²) in [5.41, 5.74) is 2.35. The van der Waals surface area contributed by atoms with Gasteiger partial charge in [0.25, 0.3) is 5.91 Å². The van der Waals surface area contributed by atoms with Gasteiger partial charge in [-0.1, -0.05) is 53.8 Å². The zero-order valence-electron chi connectivity index (χ0n) is 17.1. The standard InChI is InChI=1S/C22H20ClNO5S2/c1-4-28-17-10-14(9-15(23)20(17)29-12-19(25)27-3)11-18-21(26)24(22(30)31-18)16-8-6-5-7-13(16)2/h5-11H,4,12H2,1-3H3. The molecule has 1 aliphatic rings. The molecule has 6 nitrogen and oxygen atoms in total. The van der Waals surface area contributed by atoms with E-state index in [-0.39, 0.29) is 23.3 Å². The van der Waals surface area contributed by atoms with Gasteiger partial charge in [0.1, 0.15) is 0 Å². The van der Waals surface area contributed by atoms with E-state index in [1.807, 2.05) is 38.1 Å². The maximum absolute atomic E-state index is 13.1. The fraction of sp³-hybridized carbons (Fsp3) is 0.227. The molecule has 0 atom stereocenters. The van der Waals surface area contributed by atoms with E-state index in [0.29, 0.717) is 27.1 Å². The number of methoxy groups -OCH3 is 1. The van der Waals surface area contributed by atoms with Gasteiger partial charge in [-0.3, -0.25) is 9.69 Å². The third-order valence-electron chi connectivity index (χ3n) is 4.34. The highest BCUT2D eigenvalue weighted by molar-refractivity contribution is 8.27. The molecule has 2 aromatic rings. The minimum Gasteiger partial charge on any atom is -0.490 e. The first kappa shape index (κ1) is 23.1. The molecule has 9 heteroatoms. The quantitative estimate of drug-likeness (QED) is 0.315. The monoisotopic (exact) mass is 477 g/mol. The number of para-hydroxylation sites is 1. The van der Waals surface area contributed by atoms with Gasteiger partial charge in [0.2, 0.25) is 0 Å². The van der Waals surface area contributed by atoms with Crippen molar-refractivity contribution in [1.29, 1.82) is 0 Å². The van der Waals surface area contributed by atoms with Gasteiger partial charge in [0, 0.05) is 0 Å². The molecule has 3 rings (SSSR count).